The van der Waals surface area contributed by atoms with Gasteiger partial charge >= 0.3 is 0 Å². The third kappa shape index (κ3) is 4.97. The number of hydrogen-bond acceptors (Lipinski definition) is 2. The van der Waals surface area contributed by atoms with Crippen molar-refractivity contribution in [1.29, 1.82) is 0 Å². The van der Waals surface area contributed by atoms with Crippen LogP contribution in [0.2, 0.25) is 0 Å². The summed E-state index contributed by atoms with van der Waals surface area (Å²) in [4.78, 5) is 2.36. The van der Waals surface area contributed by atoms with E-state index in [1.165, 1.54) is 16.7 Å². The predicted octanol–water partition coefficient (Wildman–Crippen LogP) is 3.14. The number of nitrogens with two attached hydrogens (primary N) is 1. The van der Waals surface area contributed by atoms with Gasteiger partial charge in [-0.15, -0.1) is 12.4 Å². The number of nitrogens with zero attached hydrogens (tertiary/aromatic N) is 1. The molecule has 1 aromatic carbocycles. The Morgan fingerprint density at radius 1 is 1.17 bits per heavy atom. The van der Waals surface area contributed by atoms with Crippen LogP contribution >= 0.6 is 12.4 Å². The van der Waals surface area contributed by atoms with Crippen LogP contribution in [0.25, 0.3) is 0 Å². The highest BCUT2D eigenvalue weighted by Gasteiger charge is 2.18. The Balaban J connectivity index is 0.00000289. The Bertz CT molecular complexity index is 355. The van der Waals surface area contributed by atoms with Gasteiger partial charge < -0.3 is 10.6 Å². The van der Waals surface area contributed by atoms with Crippen molar-refractivity contribution in [2.75, 3.05) is 20.1 Å². The molecule has 0 radical (unpaired) electrons. The fourth-order valence-corrected chi connectivity index (χ4v) is 2.22. The average molecular weight is 271 g/mol. The fourth-order valence-electron chi connectivity index (χ4n) is 2.22. The molecule has 0 spiro atoms. The molecule has 0 saturated heterocycles. The molecule has 0 aromatic heterocycles. The lowest BCUT2D eigenvalue weighted by Crippen LogP contribution is -2.36. The molecule has 2 nitrogen and oxygen atoms in total. The first-order valence-electron chi connectivity index (χ1n) is 6.29. The lowest BCUT2D eigenvalue weighted by atomic mass is 9.93. The zero-order valence-corrected chi connectivity index (χ0v) is 13.1. The second-order valence-electron chi connectivity index (χ2n) is 5.91. The quantitative estimate of drug-likeness (QED) is 0.891. The van der Waals surface area contributed by atoms with Crippen molar-refractivity contribution < 1.29 is 0 Å². The van der Waals surface area contributed by atoms with Gasteiger partial charge in [0.2, 0.25) is 0 Å². The molecule has 0 aliphatic rings. The van der Waals surface area contributed by atoms with E-state index in [1.807, 2.05) is 0 Å². The maximum atomic E-state index is 5.78. The summed E-state index contributed by atoms with van der Waals surface area (Å²) >= 11 is 0. The molecule has 2 N–H and O–H groups in total. The van der Waals surface area contributed by atoms with Gasteiger partial charge in [0, 0.05) is 13.1 Å². The van der Waals surface area contributed by atoms with Crippen molar-refractivity contribution >= 4 is 12.4 Å². The molecule has 0 amide bonds. The molecule has 0 fully saturated rings. The minimum atomic E-state index is 0. The van der Waals surface area contributed by atoms with Crippen LogP contribution in [0, 0.1) is 19.3 Å². The number of rotatable bonds is 5. The van der Waals surface area contributed by atoms with Gasteiger partial charge in [0.05, 0.1) is 0 Å². The highest BCUT2D eigenvalue weighted by Crippen LogP contribution is 2.19. The minimum absolute atomic E-state index is 0. The minimum Gasteiger partial charge on any atom is -0.330 e. The van der Waals surface area contributed by atoms with Gasteiger partial charge in [-0.1, -0.05) is 32.0 Å². The van der Waals surface area contributed by atoms with Crippen LogP contribution in [0.4, 0.5) is 0 Å². The first-order valence-corrected chi connectivity index (χ1v) is 6.29. The van der Waals surface area contributed by atoms with Crippen molar-refractivity contribution in [3.8, 4) is 0 Å². The van der Waals surface area contributed by atoms with Crippen LogP contribution in [-0.2, 0) is 6.54 Å². The first kappa shape index (κ1) is 17.4. The molecule has 0 aliphatic heterocycles. The van der Waals surface area contributed by atoms with E-state index in [-0.39, 0.29) is 17.8 Å². The van der Waals surface area contributed by atoms with E-state index in [9.17, 15) is 0 Å². The van der Waals surface area contributed by atoms with Crippen molar-refractivity contribution in [3.05, 3.63) is 34.9 Å². The standard InChI is InChI=1S/C15H26N2.ClH/c1-12-7-6-8-13(2)14(12)9-17(5)11-15(3,4)10-16;/h6-8H,9-11,16H2,1-5H3;1H. The largest absolute Gasteiger partial charge is 0.330 e. The van der Waals surface area contributed by atoms with Gasteiger partial charge in [-0.2, -0.15) is 0 Å². The third-order valence-electron chi connectivity index (χ3n) is 3.32. The maximum absolute atomic E-state index is 5.78. The van der Waals surface area contributed by atoms with Crippen molar-refractivity contribution in [3.63, 3.8) is 0 Å². The monoisotopic (exact) mass is 270 g/mol. The molecule has 0 heterocycles. The Labute approximate surface area is 118 Å². The molecule has 1 aromatic rings. The predicted molar refractivity (Wildman–Crippen MR) is 82.3 cm³/mol. The summed E-state index contributed by atoms with van der Waals surface area (Å²) in [5.41, 5.74) is 10.2. The van der Waals surface area contributed by atoms with Crippen molar-refractivity contribution in [2.24, 2.45) is 11.1 Å². The molecule has 0 unspecified atom stereocenters. The van der Waals surface area contributed by atoms with Crippen LogP contribution in [0.3, 0.4) is 0 Å². The molecular formula is C15H27ClN2. The summed E-state index contributed by atoms with van der Waals surface area (Å²) in [5, 5.41) is 0. The normalized spacial score (nSPS) is 11.5. The summed E-state index contributed by atoms with van der Waals surface area (Å²) in [7, 11) is 2.17. The van der Waals surface area contributed by atoms with E-state index in [2.05, 4.69) is 57.8 Å². The van der Waals surface area contributed by atoms with E-state index >= 15 is 0 Å². The van der Waals surface area contributed by atoms with Crippen LogP contribution in [0.15, 0.2) is 18.2 Å². The molecule has 104 valence electrons. The van der Waals surface area contributed by atoms with E-state index in [0.29, 0.717) is 0 Å². The molecule has 0 bridgehead atoms. The van der Waals surface area contributed by atoms with Gasteiger partial charge in [0.1, 0.15) is 0 Å². The molecular weight excluding hydrogens is 244 g/mol. The Hall–Kier alpha value is -0.570. The van der Waals surface area contributed by atoms with Gasteiger partial charge in [0.25, 0.3) is 0 Å². The molecule has 0 atom stereocenters. The maximum Gasteiger partial charge on any atom is 0.0236 e. The van der Waals surface area contributed by atoms with Crippen LogP contribution in [0.1, 0.15) is 30.5 Å². The third-order valence-corrected chi connectivity index (χ3v) is 3.32. The first-order chi connectivity index (χ1) is 7.85. The molecule has 3 heteroatoms. The van der Waals surface area contributed by atoms with E-state index < -0.39 is 0 Å². The number of aryl methyl sites for hydroxylation is 2. The Kier molecular flexibility index (Phi) is 6.90. The summed E-state index contributed by atoms with van der Waals surface area (Å²) in [6.45, 7) is 11.6. The summed E-state index contributed by atoms with van der Waals surface area (Å²) in [6, 6.07) is 6.49. The Morgan fingerprint density at radius 3 is 2.11 bits per heavy atom. The topological polar surface area (TPSA) is 29.3 Å². The van der Waals surface area contributed by atoms with E-state index in [0.717, 1.165) is 19.6 Å². The lowest BCUT2D eigenvalue weighted by Gasteiger charge is -2.29. The average Bonchev–Trinajstić information content (AvgIpc) is 2.23. The molecule has 0 saturated carbocycles. The smallest absolute Gasteiger partial charge is 0.0236 e. The second kappa shape index (κ2) is 7.13. The molecule has 1 rings (SSSR count). The Morgan fingerprint density at radius 2 is 1.67 bits per heavy atom. The van der Waals surface area contributed by atoms with Crippen LogP contribution in [0.5, 0.6) is 0 Å². The van der Waals surface area contributed by atoms with Crippen molar-refractivity contribution in [2.45, 2.75) is 34.2 Å². The number of halogens is 1. The lowest BCUT2D eigenvalue weighted by molar-refractivity contribution is 0.209. The van der Waals surface area contributed by atoms with E-state index in [4.69, 9.17) is 5.73 Å². The van der Waals surface area contributed by atoms with E-state index in [1.54, 1.807) is 0 Å². The van der Waals surface area contributed by atoms with Gasteiger partial charge in [-0.3, -0.25) is 0 Å². The zero-order valence-electron chi connectivity index (χ0n) is 12.3. The highest BCUT2D eigenvalue weighted by molar-refractivity contribution is 5.85. The zero-order chi connectivity index (χ0) is 13.1. The van der Waals surface area contributed by atoms with Gasteiger partial charge in [-0.25, -0.2) is 0 Å². The highest BCUT2D eigenvalue weighted by atomic mass is 35.5. The summed E-state index contributed by atoms with van der Waals surface area (Å²) < 4.78 is 0. The van der Waals surface area contributed by atoms with Gasteiger partial charge in [-0.05, 0) is 49.5 Å². The fraction of sp³-hybridized carbons (Fsp3) is 0.600. The summed E-state index contributed by atoms with van der Waals surface area (Å²) in [6.07, 6.45) is 0. The van der Waals surface area contributed by atoms with Crippen LogP contribution < -0.4 is 5.73 Å². The molecule has 0 aliphatic carbocycles. The van der Waals surface area contributed by atoms with Gasteiger partial charge in [0.15, 0.2) is 0 Å². The number of benzene rings is 1. The van der Waals surface area contributed by atoms with Crippen LogP contribution in [-0.4, -0.2) is 25.0 Å². The second-order valence-corrected chi connectivity index (χ2v) is 5.91. The summed E-state index contributed by atoms with van der Waals surface area (Å²) in [5.74, 6) is 0. The SMILES string of the molecule is Cc1cccc(C)c1CN(C)CC(C)(C)CN.Cl. The van der Waals surface area contributed by atoms with Crippen molar-refractivity contribution in [1.82, 2.24) is 4.90 Å². The molecule has 18 heavy (non-hydrogen) atoms. The number of hydrogen-bond donors (Lipinski definition) is 1.